The van der Waals surface area contributed by atoms with Gasteiger partial charge >= 0.3 is 0 Å². The first-order chi connectivity index (χ1) is 9.66. The van der Waals surface area contributed by atoms with Crippen LogP contribution in [0.3, 0.4) is 0 Å². The number of carbonyl (C=O) groups excluding carboxylic acids is 2. The van der Waals surface area contributed by atoms with E-state index in [1.165, 1.54) is 4.90 Å². The SMILES string of the molecule is CCCCCCN1C(=O)C(C)=C(c2ccccc2)C1=O. The minimum atomic E-state index is -0.143. The van der Waals surface area contributed by atoms with Crippen LogP contribution in [0.1, 0.15) is 45.1 Å². The second-order valence-electron chi connectivity index (χ2n) is 5.19. The van der Waals surface area contributed by atoms with Crippen LogP contribution in [0.4, 0.5) is 0 Å². The van der Waals surface area contributed by atoms with Gasteiger partial charge in [-0.15, -0.1) is 0 Å². The lowest BCUT2D eigenvalue weighted by atomic mass is 10.0. The molecule has 3 nitrogen and oxygen atoms in total. The Morgan fingerprint density at radius 3 is 2.30 bits per heavy atom. The van der Waals surface area contributed by atoms with Gasteiger partial charge in [0.1, 0.15) is 0 Å². The molecule has 0 atom stereocenters. The van der Waals surface area contributed by atoms with Gasteiger partial charge in [0, 0.05) is 12.1 Å². The van der Waals surface area contributed by atoms with Crippen LogP contribution in [-0.2, 0) is 9.59 Å². The summed E-state index contributed by atoms with van der Waals surface area (Å²) in [5.74, 6) is -0.277. The lowest BCUT2D eigenvalue weighted by Gasteiger charge is -2.14. The summed E-state index contributed by atoms with van der Waals surface area (Å²) in [4.78, 5) is 26.0. The van der Waals surface area contributed by atoms with E-state index in [9.17, 15) is 9.59 Å². The Kier molecular flexibility index (Phi) is 4.72. The second kappa shape index (κ2) is 6.51. The third-order valence-corrected chi connectivity index (χ3v) is 3.70. The minimum Gasteiger partial charge on any atom is -0.275 e. The topological polar surface area (TPSA) is 37.4 Å². The zero-order valence-electron chi connectivity index (χ0n) is 12.2. The van der Waals surface area contributed by atoms with Crippen molar-refractivity contribution in [1.29, 1.82) is 0 Å². The van der Waals surface area contributed by atoms with Crippen molar-refractivity contribution >= 4 is 17.4 Å². The molecule has 0 saturated carbocycles. The predicted octanol–water partition coefficient (Wildman–Crippen LogP) is 3.41. The second-order valence-corrected chi connectivity index (χ2v) is 5.19. The Balaban J connectivity index is 2.12. The van der Waals surface area contributed by atoms with E-state index in [1.54, 1.807) is 6.92 Å². The molecule has 1 aliphatic heterocycles. The number of amides is 2. The maximum absolute atomic E-state index is 12.4. The molecule has 1 aliphatic rings. The molecule has 2 rings (SSSR count). The number of benzene rings is 1. The van der Waals surface area contributed by atoms with E-state index in [-0.39, 0.29) is 11.8 Å². The standard InChI is InChI=1S/C17H21NO2/c1-3-4-5-9-12-18-16(19)13(2)15(17(18)20)14-10-7-6-8-11-14/h6-8,10-11H,3-5,9,12H2,1-2H3. The lowest BCUT2D eigenvalue weighted by molar-refractivity contribution is -0.136. The summed E-state index contributed by atoms with van der Waals surface area (Å²) in [6.07, 6.45) is 4.25. The van der Waals surface area contributed by atoms with E-state index in [4.69, 9.17) is 0 Å². The fourth-order valence-electron chi connectivity index (χ4n) is 2.54. The van der Waals surface area contributed by atoms with Gasteiger partial charge < -0.3 is 0 Å². The van der Waals surface area contributed by atoms with E-state index < -0.39 is 0 Å². The number of imide groups is 1. The lowest BCUT2D eigenvalue weighted by Crippen LogP contribution is -2.32. The quantitative estimate of drug-likeness (QED) is 0.587. The fourth-order valence-corrected chi connectivity index (χ4v) is 2.54. The highest BCUT2D eigenvalue weighted by atomic mass is 16.2. The van der Waals surface area contributed by atoms with Crippen LogP contribution in [0.25, 0.3) is 5.57 Å². The van der Waals surface area contributed by atoms with E-state index in [0.717, 1.165) is 31.2 Å². The molecule has 20 heavy (non-hydrogen) atoms. The van der Waals surface area contributed by atoms with Crippen molar-refractivity contribution in [3.63, 3.8) is 0 Å². The molecule has 0 fully saturated rings. The monoisotopic (exact) mass is 271 g/mol. The fraction of sp³-hybridized carbons (Fsp3) is 0.412. The minimum absolute atomic E-state index is 0.134. The molecule has 0 aliphatic carbocycles. The van der Waals surface area contributed by atoms with Crippen molar-refractivity contribution in [3.05, 3.63) is 41.5 Å². The average Bonchev–Trinajstić information content (AvgIpc) is 2.67. The van der Waals surface area contributed by atoms with Crippen LogP contribution in [0, 0.1) is 0 Å². The summed E-state index contributed by atoms with van der Waals surface area (Å²) in [5.41, 5.74) is 1.96. The molecule has 1 aromatic carbocycles. The molecule has 2 amide bonds. The Hall–Kier alpha value is -1.90. The predicted molar refractivity (Wildman–Crippen MR) is 79.9 cm³/mol. The van der Waals surface area contributed by atoms with Crippen LogP contribution in [0.15, 0.2) is 35.9 Å². The van der Waals surface area contributed by atoms with Crippen molar-refractivity contribution in [2.45, 2.75) is 39.5 Å². The van der Waals surface area contributed by atoms with Crippen molar-refractivity contribution < 1.29 is 9.59 Å². The molecule has 0 unspecified atom stereocenters. The van der Waals surface area contributed by atoms with Crippen molar-refractivity contribution in [2.24, 2.45) is 0 Å². The van der Waals surface area contributed by atoms with Gasteiger partial charge in [-0.05, 0) is 18.9 Å². The normalized spacial score (nSPS) is 15.4. The third kappa shape index (κ3) is 2.82. The van der Waals surface area contributed by atoms with Gasteiger partial charge in [0.05, 0.1) is 5.57 Å². The highest BCUT2D eigenvalue weighted by Gasteiger charge is 2.35. The average molecular weight is 271 g/mol. The first-order valence-electron chi connectivity index (χ1n) is 7.29. The van der Waals surface area contributed by atoms with Gasteiger partial charge in [0.15, 0.2) is 0 Å². The number of nitrogens with zero attached hydrogens (tertiary/aromatic N) is 1. The summed E-state index contributed by atoms with van der Waals surface area (Å²) < 4.78 is 0. The molecule has 0 spiro atoms. The Labute approximate surface area is 120 Å². The smallest absolute Gasteiger partial charge is 0.261 e. The summed E-state index contributed by atoms with van der Waals surface area (Å²) in [6.45, 7) is 4.42. The zero-order chi connectivity index (χ0) is 14.5. The Morgan fingerprint density at radius 1 is 0.950 bits per heavy atom. The molecule has 1 heterocycles. The largest absolute Gasteiger partial charge is 0.275 e. The summed E-state index contributed by atoms with van der Waals surface area (Å²) in [6, 6.07) is 9.44. The number of hydrogen-bond acceptors (Lipinski definition) is 2. The zero-order valence-corrected chi connectivity index (χ0v) is 12.2. The first-order valence-corrected chi connectivity index (χ1v) is 7.29. The van der Waals surface area contributed by atoms with Gasteiger partial charge in [-0.2, -0.15) is 0 Å². The maximum atomic E-state index is 12.4. The molecule has 1 aromatic rings. The van der Waals surface area contributed by atoms with E-state index in [1.807, 2.05) is 30.3 Å². The third-order valence-electron chi connectivity index (χ3n) is 3.70. The van der Waals surface area contributed by atoms with Crippen LogP contribution in [0.5, 0.6) is 0 Å². The van der Waals surface area contributed by atoms with Crippen LogP contribution >= 0.6 is 0 Å². The highest BCUT2D eigenvalue weighted by molar-refractivity contribution is 6.35. The number of hydrogen-bond donors (Lipinski definition) is 0. The molecule has 3 heteroatoms. The molecule has 0 saturated heterocycles. The van der Waals surface area contributed by atoms with E-state index in [2.05, 4.69) is 6.92 Å². The van der Waals surface area contributed by atoms with Gasteiger partial charge in [-0.1, -0.05) is 56.5 Å². The Morgan fingerprint density at radius 2 is 1.65 bits per heavy atom. The molecular formula is C17H21NO2. The van der Waals surface area contributed by atoms with Gasteiger partial charge in [-0.3, -0.25) is 14.5 Å². The first kappa shape index (κ1) is 14.5. The summed E-state index contributed by atoms with van der Waals surface area (Å²) >= 11 is 0. The number of unbranched alkanes of at least 4 members (excludes halogenated alkanes) is 3. The summed E-state index contributed by atoms with van der Waals surface area (Å²) in [7, 11) is 0. The molecule has 0 N–H and O–H groups in total. The van der Waals surface area contributed by atoms with E-state index >= 15 is 0 Å². The van der Waals surface area contributed by atoms with Crippen LogP contribution < -0.4 is 0 Å². The van der Waals surface area contributed by atoms with Gasteiger partial charge in [-0.25, -0.2) is 0 Å². The van der Waals surface area contributed by atoms with Crippen molar-refractivity contribution in [2.75, 3.05) is 6.54 Å². The number of rotatable bonds is 6. The van der Waals surface area contributed by atoms with Gasteiger partial charge in [0.25, 0.3) is 11.8 Å². The maximum Gasteiger partial charge on any atom is 0.261 e. The van der Waals surface area contributed by atoms with E-state index in [0.29, 0.717) is 17.7 Å². The molecule has 0 aromatic heterocycles. The van der Waals surface area contributed by atoms with Crippen LogP contribution in [0.2, 0.25) is 0 Å². The van der Waals surface area contributed by atoms with Gasteiger partial charge in [0.2, 0.25) is 0 Å². The Bertz CT molecular complexity index is 531. The highest BCUT2D eigenvalue weighted by Crippen LogP contribution is 2.29. The summed E-state index contributed by atoms with van der Waals surface area (Å²) in [5, 5.41) is 0. The van der Waals surface area contributed by atoms with Crippen molar-refractivity contribution in [1.82, 2.24) is 4.90 Å². The molecule has 0 radical (unpaired) electrons. The van der Waals surface area contributed by atoms with Crippen LogP contribution in [-0.4, -0.2) is 23.3 Å². The molecule has 106 valence electrons. The molecule has 0 bridgehead atoms. The molecular weight excluding hydrogens is 250 g/mol. The van der Waals surface area contributed by atoms with Crippen molar-refractivity contribution in [3.8, 4) is 0 Å². The number of carbonyl (C=O) groups is 2.